The second-order valence-electron chi connectivity index (χ2n) is 4.37. The van der Waals surface area contributed by atoms with Gasteiger partial charge in [-0.15, -0.1) is 0 Å². The van der Waals surface area contributed by atoms with E-state index in [1.54, 1.807) is 0 Å². The second kappa shape index (κ2) is 4.10. The molecule has 0 radical (unpaired) electrons. The number of fused-ring (bicyclic) bond motifs is 1. The molecule has 0 aromatic heterocycles. The molecule has 0 spiro atoms. The number of aryl methyl sites for hydroxylation is 1. The van der Waals surface area contributed by atoms with Gasteiger partial charge in [0.15, 0.2) is 0 Å². The van der Waals surface area contributed by atoms with E-state index in [-0.39, 0.29) is 0 Å². The van der Waals surface area contributed by atoms with Crippen LogP contribution >= 0.6 is 0 Å². The van der Waals surface area contributed by atoms with Crippen molar-refractivity contribution in [3.05, 3.63) is 59.7 Å². The molecule has 17 heavy (non-hydrogen) atoms. The number of benzene rings is 2. The van der Waals surface area contributed by atoms with Gasteiger partial charge in [0, 0.05) is 0 Å². The van der Waals surface area contributed by atoms with Gasteiger partial charge in [-0.25, -0.2) is 0 Å². The third kappa shape index (κ3) is 1.84. The summed E-state index contributed by atoms with van der Waals surface area (Å²) in [5.41, 5.74) is 4.77. The molecule has 0 unspecified atom stereocenters. The Morgan fingerprint density at radius 1 is 1.00 bits per heavy atom. The first-order valence-corrected chi connectivity index (χ1v) is 5.92. The molecular formula is C16H14O. The molecule has 3 rings (SSSR count). The number of phenols is 1. The molecule has 1 nitrogen and oxygen atoms in total. The number of rotatable bonds is 1. The van der Waals surface area contributed by atoms with Crippen LogP contribution in [0.1, 0.15) is 17.5 Å². The molecule has 2 aromatic rings. The van der Waals surface area contributed by atoms with E-state index in [0.29, 0.717) is 5.75 Å². The van der Waals surface area contributed by atoms with Crippen LogP contribution in [0.25, 0.3) is 17.2 Å². The Labute approximate surface area is 101 Å². The van der Waals surface area contributed by atoms with Gasteiger partial charge in [-0.1, -0.05) is 42.5 Å². The lowest BCUT2D eigenvalue weighted by molar-refractivity contribution is 0.474. The summed E-state index contributed by atoms with van der Waals surface area (Å²) in [5, 5.41) is 9.81. The highest BCUT2D eigenvalue weighted by Gasteiger charge is 2.12. The fourth-order valence-corrected chi connectivity index (χ4v) is 2.40. The molecule has 1 heteroatoms. The minimum Gasteiger partial charge on any atom is -0.508 e. The lowest BCUT2D eigenvalue weighted by Gasteiger charge is -2.16. The highest BCUT2D eigenvalue weighted by atomic mass is 16.3. The van der Waals surface area contributed by atoms with Crippen molar-refractivity contribution in [2.45, 2.75) is 12.8 Å². The largest absolute Gasteiger partial charge is 0.508 e. The van der Waals surface area contributed by atoms with Crippen molar-refractivity contribution in [2.24, 2.45) is 0 Å². The molecule has 1 aliphatic rings. The van der Waals surface area contributed by atoms with Crippen LogP contribution in [-0.2, 0) is 6.42 Å². The first-order chi connectivity index (χ1) is 8.34. The molecule has 0 amide bonds. The Balaban J connectivity index is 2.24. The lowest BCUT2D eigenvalue weighted by Crippen LogP contribution is -1.96. The van der Waals surface area contributed by atoms with Crippen molar-refractivity contribution in [1.82, 2.24) is 0 Å². The van der Waals surface area contributed by atoms with Crippen molar-refractivity contribution in [2.75, 3.05) is 0 Å². The lowest BCUT2D eigenvalue weighted by atomic mass is 9.90. The van der Waals surface area contributed by atoms with Crippen molar-refractivity contribution >= 4 is 6.08 Å². The molecule has 0 aliphatic heterocycles. The molecule has 0 saturated heterocycles. The van der Waals surface area contributed by atoms with Gasteiger partial charge in [0.2, 0.25) is 0 Å². The van der Waals surface area contributed by atoms with Gasteiger partial charge in [-0.05, 0) is 47.2 Å². The average Bonchev–Trinajstić information content (AvgIpc) is 2.39. The van der Waals surface area contributed by atoms with Crippen LogP contribution in [0.4, 0.5) is 0 Å². The molecule has 0 atom stereocenters. The number of allylic oxidation sites excluding steroid dienone is 1. The minimum atomic E-state index is 0.359. The van der Waals surface area contributed by atoms with Gasteiger partial charge in [-0.3, -0.25) is 0 Å². The zero-order valence-corrected chi connectivity index (χ0v) is 9.56. The number of hydrogen-bond acceptors (Lipinski definition) is 1. The summed E-state index contributed by atoms with van der Waals surface area (Å²) in [4.78, 5) is 0. The first kappa shape index (κ1) is 10.2. The van der Waals surface area contributed by atoms with E-state index in [9.17, 15) is 5.11 Å². The maximum Gasteiger partial charge on any atom is 0.116 e. The zero-order valence-electron chi connectivity index (χ0n) is 9.56. The Hall–Kier alpha value is -2.02. The van der Waals surface area contributed by atoms with Crippen LogP contribution in [0.15, 0.2) is 48.5 Å². The van der Waals surface area contributed by atoms with E-state index >= 15 is 0 Å². The number of aromatic hydroxyl groups is 1. The minimum absolute atomic E-state index is 0.359. The van der Waals surface area contributed by atoms with Crippen molar-refractivity contribution < 1.29 is 5.11 Å². The summed E-state index contributed by atoms with van der Waals surface area (Å²) in [6, 6.07) is 14.0. The standard InChI is InChI=1S/C16H14O/c17-14-10-13-8-4-5-9-15(13)16(11-14)12-6-2-1-3-7-12/h1-3,5-7,9-11,17H,4,8H2. The highest BCUT2D eigenvalue weighted by molar-refractivity contribution is 5.79. The smallest absolute Gasteiger partial charge is 0.116 e. The molecule has 0 fully saturated rings. The van der Waals surface area contributed by atoms with Crippen LogP contribution in [0.3, 0.4) is 0 Å². The van der Waals surface area contributed by atoms with E-state index in [4.69, 9.17) is 0 Å². The summed E-state index contributed by atoms with van der Waals surface area (Å²) < 4.78 is 0. The molecule has 2 aromatic carbocycles. The Morgan fingerprint density at radius 3 is 2.65 bits per heavy atom. The average molecular weight is 222 g/mol. The van der Waals surface area contributed by atoms with Crippen molar-refractivity contribution in [3.63, 3.8) is 0 Å². The van der Waals surface area contributed by atoms with E-state index < -0.39 is 0 Å². The van der Waals surface area contributed by atoms with Gasteiger partial charge < -0.3 is 5.11 Å². The molecule has 1 aliphatic carbocycles. The summed E-state index contributed by atoms with van der Waals surface area (Å²) in [7, 11) is 0. The predicted octanol–water partition coefficient (Wildman–Crippen LogP) is 4.02. The number of phenolic OH excluding ortho intramolecular Hbond substituents is 1. The third-order valence-electron chi connectivity index (χ3n) is 3.20. The van der Waals surface area contributed by atoms with Gasteiger partial charge in [0.05, 0.1) is 0 Å². The summed E-state index contributed by atoms with van der Waals surface area (Å²) in [5.74, 6) is 0.359. The van der Waals surface area contributed by atoms with Crippen LogP contribution in [-0.4, -0.2) is 5.11 Å². The molecular weight excluding hydrogens is 208 g/mol. The molecule has 1 N–H and O–H groups in total. The molecule has 0 heterocycles. The normalized spacial score (nSPS) is 13.4. The van der Waals surface area contributed by atoms with Crippen LogP contribution < -0.4 is 0 Å². The van der Waals surface area contributed by atoms with Gasteiger partial charge in [0.1, 0.15) is 5.75 Å². The third-order valence-corrected chi connectivity index (χ3v) is 3.20. The first-order valence-electron chi connectivity index (χ1n) is 5.92. The number of hydrogen-bond donors (Lipinski definition) is 1. The molecule has 0 bridgehead atoms. The Kier molecular flexibility index (Phi) is 2.45. The molecule has 0 saturated carbocycles. The quantitative estimate of drug-likeness (QED) is 0.772. The van der Waals surface area contributed by atoms with Crippen LogP contribution in [0.5, 0.6) is 5.75 Å². The maximum absolute atomic E-state index is 9.81. The van der Waals surface area contributed by atoms with E-state index in [2.05, 4.69) is 24.3 Å². The fourth-order valence-electron chi connectivity index (χ4n) is 2.40. The van der Waals surface area contributed by atoms with E-state index in [0.717, 1.165) is 24.0 Å². The molecule has 84 valence electrons. The zero-order chi connectivity index (χ0) is 11.7. The van der Waals surface area contributed by atoms with Crippen molar-refractivity contribution in [1.29, 1.82) is 0 Å². The maximum atomic E-state index is 9.81. The summed E-state index contributed by atoms with van der Waals surface area (Å²) in [6.45, 7) is 0. The van der Waals surface area contributed by atoms with Gasteiger partial charge >= 0.3 is 0 Å². The highest BCUT2D eigenvalue weighted by Crippen LogP contribution is 2.34. The predicted molar refractivity (Wildman–Crippen MR) is 70.9 cm³/mol. The second-order valence-corrected chi connectivity index (χ2v) is 4.37. The monoisotopic (exact) mass is 222 g/mol. The van der Waals surface area contributed by atoms with E-state index in [1.165, 1.54) is 11.1 Å². The fraction of sp³-hybridized carbons (Fsp3) is 0.125. The van der Waals surface area contributed by atoms with Gasteiger partial charge in [0.25, 0.3) is 0 Å². The van der Waals surface area contributed by atoms with Crippen molar-refractivity contribution in [3.8, 4) is 16.9 Å². The summed E-state index contributed by atoms with van der Waals surface area (Å²) >= 11 is 0. The summed E-state index contributed by atoms with van der Waals surface area (Å²) in [6.07, 6.45) is 6.44. The van der Waals surface area contributed by atoms with Crippen LogP contribution in [0, 0.1) is 0 Å². The Bertz CT molecular complexity index is 568. The topological polar surface area (TPSA) is 20.2 Å². The van der Waals surface area contributed by atoms with Crippen LogP contribution in [0.2, 0.25) is 0 Å². The van der Waals surface area contributed by atoms with Gasteiger partial charge in [-0.2, -0.15) is 0 Å². The van der Waals surface area contributed by atoms with E-state index in [1.807, 2.05) is 30.3 Å². The Morgan fingerprint density at radius 2 is 1.82 bits per heavy atom. The SMILES string of the molecule is Oc1cc2c(c(-c3ccccc3)c1)C=CCC2.